The largest absolute Gasteiger partial charge is 0.486 e. The predicted octanol–water partition coefficient (Wildman–Crippen LogP) is 2.79. The second-order valence-electron chi connectivity index (χ2n) is 6.84. The summed E-state index contributed by atoms with van der Waals surface area (Å²) in [6.07, 6.45) is 6.07. The zero-order valence-corrected chi connectivity index (χ0v) is 15.5. The fraction of sp³-hybridized carbons (Fsp3) is 0.474. The summed E-state index contributed by atoms with van der Waals surface area (Å²) in [7, 11) is 2.00. The van der Waals surface area contributed by atoms with Crippen LogP contribution in [-0.4, -0.2) is 46.7 Å². The number of hydrogen-bond acceptors (Lipinski definition) is 4. The van der Waals surface area contributed by atoms with E-state index in [0.29, 0.717) is 36.3 Å². The first-order valence-electron chi connectivity index (χ1n) is 8.95. The molecular weight excluding hydrogens is 354 g/mol. The number of carbonyl (C=O) groups excluding carboxylic acids is 1. The number of nitrogens with zero attached hydrogens (tertiary/aromatic N) is 3. The van der Waals surface area contributed by atoms with Crippen LogP contribution in [0.5, 0.6) is 11.5 Å². The standard InChI is InChI=1S/C19H22ClN3O3/c1-22-6-4-21-19(22)13-3-2-5-23(12-13)18(24)10-14-9-16-17(11-15(14)20)26-8-7-25-16/h4,6,9,11,13H,2-3,5,7-8,10,12H2,1H3/t13-/m1/s1. The van der Waals surface area contributed by atoms with Crippen molar-refractivity contribution in [3.63, 3.8) is 0 Å². The van der Waals surface area contributed by atoms with Gasteiger partial charge >= 0.3 is 0 Å². The zero-order chi connectivity index (χ0) is 18.1. The first kappa shape index (κ1) is 17.2. The number of benzene rings is 1. The number of hydrogen-bond donors (Lipinski definition) is 0. The number of piperidine rings is 1. The SMILES string of the molecule is Cn1ccnc1[C@@H]1CCCN(C(=O)Cc2cc3c(cc2Cl)OCCO3)C1. The number of aromatic nitrogens is 2. The van der Waals surface area contributed by atoms with E-state index in [2.05, 4.69) is 4.98 Å². The fourth-order valence-electron chi connectivity index (χ4n) is 3.70. The van der Waals surface area contributed by atoms with E-state index in [0.717, 1.165) is 30.8 Å². The van der Waals surface area contributed by atoms with Crippen molar-refractivity contribution < 1.29 is 14.3 Å². The lowest BCUT2D eigenvalue weighted by Crippen LogP contribution is -2.40. The summed E-state index contributed by atoms with van der Waals surface area (Å²) in [5, 5.41) is 0.542. The van der Waals surface area contributed by atoms with Crippen LogP contribution in [0.2, 0.25) is 5.02 Å². The summed E-state index contributed by atoms with van der Waals surface area (Å²) < 4.78 is 13.2. The molecule has 0 radical (unpaired) electrons. The van der Waals surface area contributed by atoms with E-state index < -0.39 is 0 Å². The minimum atomic E-state index is 0.0856. The van der Waals surface area contributed by atoms with Crippen LogP contribution >= 0.6 is 11.6 Å². The molecular formula is C19H22ClN3O3. The maximum Gasteiger partial charge on any atom is 0.227 e. The molecule has 2 aliphatic heterocycles. The second-order valence-corrected chi connectivity index (χ2v) is 7.25. The molecule has 1 aromatic carbocycles. The minimum absolute atomic E-state index is 0.0856. The highest BCUT2D eigenvalue weighted by molar-refractivity contribution is 6.31. The first-order valence-corrected chi connectivity index (χ1v) is 9.32. The Labute approximate surface area is 157 Å². The van der Waals surface area contributed by atoms with Crippen LogP contribution in [0.15, 0.2) is 24.5 Å². The third-order valence-corrected chi connectivity index (χ3v) is 5.40. The molecule has 0 N–H and O–H groups in total. The van der Waals surface area contributed by atoms with Gasteiger partial charge in [0.15, 0.2) is 11.5 Å². The van der Waals surface area contributed by atoms with Crippen LogP contribution in [0, 0.1) is 0 Å². The van der Waals surface area contributed by atoms with Crippen molar-refractivity contribution in [3.8, 4) is 11.5 Å². The summed E-state index contributed by atoms with van der Waals surface area (Å²) in [6, 6.07) is 3.57. The molecule has 2 aliphatic rings. The van der Waals surface area contributed by atoms with Gasteiger partial charge in [-0.3, -0.25) is 4.79 Å². The zero-order valence-electron chi connectivity index (χ0n) is 14.8. The lowest BCUT2D eigenvalue weighted by atomic mass is 9.96. The maximum atomic E-state index is 12.9. The Bertz CT molecular complexity index is 820. The van der Waals surface area contributed by atoms with Gasteiger partial charge in [-0.1, -0.05) is 11.6 Å². The average Bonchev–Trinajstić information content (AvgIpc) is 3.08. The van der Waals surface area contributed by atoms with Gasteiger partial charge in [0.25, 0.3) is 0 Å². The fourth-order valence-corrected chi connectivity index (χ4v) is 3.92. The van der Waals surface area contributed by atoms with E-state index in [1.54, 1.807) is 6.07 Å². The van der Waals surface area contributed by atoms with Crippen molar-refractivity contribution in [2.24, 2.45) is 7.05 Å². The monoisotopic (exact) mass is 375 g/mol. The normalized spacial score (nSPS) is 19.5. The van der Waals surface area contributed by atoms with E-state index in [9.17, 15) is 4.79 Å². The molecule has 4 rings (SSSR count). The van der Waals surface area contributed by atoms with Gasteiger partial charge in [0.1, 0.15) is 19.0 Å². The van der Waals surface area contributed by atoms with Gasteiger partial charge in [0.05, 0.1) is 6.42 Å². The summed E-state index contributed by atoms with van der Waals surface area (Å²) in [5.74, 6) is 2.71. The third-order valence-electron chi connectivity index (χ3n) is 5.05. The van der Waals surface area contributed by atoms with Crippen LogP contribution in [0.4, 0.5) is 0 Å². The molecule has 2 aromatic rings. The van der Waals surface area contributed by atoms with E-state index in [-0.39, 0.29) is 18.2 Å². The number of carbonyl (C=O) groups is 1. The number of rotatable bonds is 3. The Balaban J connectivity index is 1.47. The highest BCUT2D eigenvalue weighted by atomic mass is 35.5. The first-order chi connectivity index (χ1) is 12.6. The molecule has 1 amide bonds. The number of halogens is 1. The van der Waals surface area contributed by atoms with Gasteiger partial charge in [-0.2, -0.15) is 0 Å². The Morgan fingerprint density at radius 1 is 1.31 bits per heavy atom. The lowest BCUT2D eigenvalue weighted by molar-refractivity contribution is -0.131. The van der Waals surface area contributed by atoms with E-state index >= 15 is 0 Å². The summed E-state index contributed by atoms with van der Waals surface area (Å²) in [6.45, 7) is 2.51. The Hall–Kier alpha value is -2.21. The summed E-state index contributed by atoms with van der Waals surface area (Å²) >= 11 is 6.36. The highest BCUT2D eigenvalue weighted by Crippen LogP contribution is 2.36. The molecule has 1 saturated heterocycles. The third kappa shape index (κ3) is 3.38. The molecule has 0 saturated carbocycles. The van der Waals surface area contributed by atoms with Gasteiger partial charge in [-0.25, -0.2) is 4.98 Å². The molecule has 3 heterocycles. The molecule has 0 spiro atoms. The number of aryl methyl sites for hydroxylation is 1. The van der Waals surface area contributed by atoms with Gasteiger partial charge in [-0.15, -0.1) is 0 Å². The number of amides is 1. The van der Waals surface area contributed by atoms with Gasteiger partial charge in [0, 0.05) is 49.5 Å². The van der Waals surface area contributed by atoms with Crippen LogP contribution in [-0.2, 0) is 18.3 Å². The van der Waals surface area contributed by atoms with Crippen molar-refractivity contribution >= 4 is 17.5 Å². The molecule has 26 heavy (non-hydrogen) atoms. The molecule has 7 heteroatoms. The van der Waals surface area contributed by atoms with Gasteiger partial charge in [0.2, 0.25) is 5.91 Å². The number of imidazole rings is 1. The van der Waals surface area contributed by atoms with Crippen molar-refractivity contribution in [2.45, 2.75) is 25.2 Å². The predicted molar refractivity (Wildman–Crippen MR) is 97.9 cm³/mol. The molecule has 0 aliphatic carbocycles. The van der Waals surface area contributed by atoms with Gasteiger partial charge in [-0.05, 0) is 24.5 Å². The van der Waals surface area contributed by atoms with Crippen molar-refractivity contribution in [3.05, 3.63) is 40.9 Å². The Kier molecular flexibility index (Phi) is 4.76. The maximum absolute atomic E-state index is 12.9. The number of ether oxygens (including phenoxy) is 2. The molecule has 0 bridgehead atoms. The smallest absolute Gasteiger partial charge is 0.227 e. The minimum Gasteiger partial charge on any atom is -0.486 e. The highest BCUT2D eigenvalue weighted by Gasteiger charge is 2.27. The van der Waals surface area contributed by atoms with Crippen molar-refractivity contribution in [2.75, 3.05) is 26.3 Å². The number of likely N-dealkylation sites (tertiary alicyclic amines) is 1. The topological polar surface area (TPSA) is 56.6 Å². The number of fused-ring (bicyclic) bond motifs is 1. The summed E-state index contributed by atoms with van der Waals surface area (Å²) in [4.78, 5) is 19.2. The molecule has 138 valence electrons. The van der Waals surface area contributed by atoms with Crippen molar-refractivity contribution in [1.82, 2.24) is 14.5 Å². The Morgan fingerprint density at radius 3 is 2.81 bits per heavy atom. The Morgan fingerprint density at radius 2 is 2.08 bits per heavy atom. The molecule has 6 nitrogen and oxygen atoms in total. The van der Waals surface area contributed by atoms with E-state index in [1.165, 1.54) is 0 Å². The average molecular weight is 376 g/mol. The quantitative estimate of drug-likeness (QED) is 0.827. The van der Waals surface area contributed by atoms with Crippen LogP contribution in [0.25, 0.3) is 0 Å². The summed E-state index contributed by atoms with van der Waals surface area (Å²) in [5.41, 5.74) is 0.778. The van der Waals surface area contributed by atoms with Gasteiger partial charge < -0.3 is 18.9 Å². The van der Waals surface area contributed by atoms with E-state index in [4.69, 9.17) is 21.1 Å². The molecule has 0 unspecified atom stereocenters. The van der Waals surface area contributed by atoms with Crippen LogP contribution < -0.4 is 9.47 Å². The molecule has 1 atom stereocenters. The van der Waals surface area contributed by atoms with Crippen LogP contribution in [0.1, 0.15) is 30.1 Å². The molecule has 1 aromatic heterocycles. The molecule has 1 fully saturated rings. The second kappa shape index (κ2) is 7.19. The van der Waals surface area contributed by atoms with Crippen LogP contribution in [0.3, 0.4) is 0 Å². The van der Waals surface area contributed by atoms with E-state index in [1.807, 2.05) is 35.0 Å². The van der Waals surface area contributed by atoms with Crippen molar-refractivity contribution in [1.29, 1.82) is 0 Å². The lowest BCUT2D eigenvalue weighted by Gasteiger charge is -2.32.